The van der Waals surface area contributed by atoms with Crippen molar-refractivity contribution in [3.05, 3.63) is 77.2 Å². The number of para-hydroxylation sites is 1. The highest BCUT2D eigenvalue weighted by atomic mass is 16.5. The molecule has 24 heavy (non-hydrogen) atoms. The zero-order chi connectivity index (χ0) is 17.1. The zero-order valence-electron chi connectivity index (χ0n) is 13.8. The highest BCUT2D eigenvalue weighted by Gasteiger charge is 2.13. The number of allylic oxidation sites excluding steroid dienone is 1. The second kappa shape index (κ2) is 6.62. The van der Waals surface area contributed by atoms with Crippen molar-refractivity contribution in [1.29, 1.82) is 0 Å². The van der Waals surface area contributed by atoms with Gasteiger partial charge < -0.3 is 14.1 Å². The molecule has 0 amide bonds. The molecule has 0 unspecified atom stereocenters. The highest BCUT2D eigenvalue weighted by Crippen LogP contribution is 2.32. The van der Waals surface area contributed by atoms with Crippen molar-refractivity contribution < 1.29 is 9.15 Å². The fraction of sp³-hybridized carbons (Fsp3) is 0.150. The molecule has 0 fully saturated rings. The first kappa shape index (κ1) is 15.9. The molecule has 3 aromatic rings. The third-order valence-corrected chi connectivity index (χ3v) is 4.01. The summed E-state index contributed by atoms with van der Waals surface area (Å²) in [5.74, 6) is 0.824. The van der Waals surface area contributed by atoms with Crippen molar-refractivity contribution in [2.75, 3.05) is 19.1 Å². The van der Waals surface area contributed by atoms with Crippen molar-refractivity contribution in [3.63, 3.8) is 0 Å². The molecular weight excluding hydrogens is 302 g/mol. The minimum atomic E-state index is -0.365. The van der Waals surface area contributed by atoms with Crippen LogP contribution >= 0.6 is 0 Å². The molecule has 1 aromatic heterocycles. The van der Waals surface area contributed by atoms with Gasteiger partial charge in [-0.05, 0) is 42.3 Å². The lowest BCUT2D eigenvalue weighted by Crippen LogP contribution is -2.13. The molecule has 2 aromatic carbocycles. The van der Waals surface area contributed by atoms with Crippen LogP contribution in [0.2, 0.25) is 0 Å². The van der Waals surface area contributed by atoms with E-state index in [2.05, 4.69) is 6.58 Å². The largest absolute Gasteiger partial charge is 0.496 e. The fourth-order valence-electron chi connectivity index (χ4n) is 2.80. The Morgan fingerprint density at radius 2 is 2.00 bits per heavy atom. The number of rotatable bonds is 5. The number of ether oxygens (including phenoxy) is 1. The fourth-order valence-corrected chi connectivity index (χ4v) is 2.80. The molecule has 1 heterocycles. The molecule has 0 atom stereocenters. The Labute approximate surface area is 140 Å². The molecule has 3 rings (SSSR count). The first-order chi connectivity index (χ1) is 11.6. The number of nitrogens with zero attached hydrogens (tertiary/aromatic N) is 1. The highest BCUT2D eigenvalue weighted by molar-refractivity contribution is 5.92. The maximum absolute atomic E-state index is 11.9. The van der Waals surface area contributed by atoms with Crippen LogP contribution in [0.3, 0.4) is 0 Å². The van der Waals surface area contributed by atoms with Gasteiger partial charge in [-0.25, -0.2) is 4.79 Å². The van der Waals surface area contributed by atoms with E-state index < -0.39 is 0 Å². The second-order valence-electron chi connectivity index (χ2n) is 5.49. The van der Waals surface area contributed by atoms with Crippen molar-refractivity contribution >= 4 is 22.3 Å². The first-order valence-electron chi connectivity index (χ1n) is 7.68. The van der Waals surface area contributed by atoms with Gasteiger partial charge in [0.2, 0.25) is 0 Å². The van der Waals surface area contributed by atoms with E-state index in [0.717, 1.165) is 28.1 Å². The van der Waals surface area contributed by atoms with E-state index in [0.29, 0.717) is 12.0 Å². The van der Waals surface area contributed by atoms with E-state index in [9.17, 15) is 4.79 Å². The molecular formula is C20H19NO3. The Hall–Kier alpha value is -3.01. The summed E-state index contributed by atoms with van der Waals surface area (Å²) in [5, 5.41) is 0.890. The molecule has 0 aliphatic heterocycles. The summed E-state index contributed by atoms with van der Waals surface area (Å²) >= 11 is 0. The third kappa shape index (κ3) is 2.91. The van der Waals surface area contributed by atoms with Gasteiger partial charge in [0, 0.05) is 24.2 Å². The van der Waals surface area contributed by atoms with Crippen molar-refractivity contribution in [2.24, 2.45) is 0 Å². The van der Waals surface area contributed by atoms with Crippen LogP contribution in [-0.4, -0.2) is 14.2 Å². The number of hydrogen-bond donors (Lipinski definition) is 0. The minimum Gasteiger partial charge on any atom is -0.496 e. The summed E-state index contributed by atoms with van der Waals surface area (Å²) in [4.78, 5) is 13.9. The second-order valence-corrected chi connectivity index (χ2v) is 5.49. The molecule has 4 nitrogen and oxygen atoms in total. The number of methoxy groups -OCH3 is 1. The van der Waals surface area contributed by atoms with Gasteiger partial charge in [-0.2, -0.15) is 0 Å². The number of fused-ring (bicyclic) bond motifs is 1. The topological polar surface area (TPSA) is 42.7 Å². The maximum atomic E-state index is 11.9. The summed E-state index contributed by atoms with van der Waals surface area (Å²) in [5.41, 5.74) is 3.02. The van der Waals surface area contributed by atoms with Crippen LogP contribution in [0.4, 0.5) is 11.4 Å². The van der Waals surface area contributed by atoms with Crippen molar-refractivity contribution in [2.45, 2.75) is 6.42 Å². The molecule has 0 N–H and O–H groups in total. The van der Waals surface area contributed by atoms with Gasteiger partial charge in [0.15, 0.2) is 0 Å². The van der Waals surface area contributed by atoms with Gasteiger partial charge in [0.1, 0.15) is 11.3 Å². The van der Waals surface area contributed by atoms with E-state index in [1.54, 1.807) is 13.2 Å². The van der Waals surface area contributed by atoms with E-state index >= 15 is 0 Å². The van der Waals surface area contributed by atoms with Crippen LogP contribution in [0.5, 0.6) is 5.75 Å². The van der Waals surface area contributed by atoms with Crippen LogP contribution in [0.25, 0.3) is 11.0 Å². The Bertz CT molecular complexity index is 943. The average molecular weight is 321 g/mol. The summed E-state index contributed by atoms with van der Waals surface area (Å²) in [6.07, 6.45) is 2.55. The van der Waals surface area contributed by atoms with Gasteiger partial charge in [0.25, 0.3) is 0 Å². The Kier molecular flexibility index (Phi) is 4.38. The zero-order valence-corrected chi connectivity index (χ0v) is 13.8. The molecule has 0 bridgehead atoms. The number of anilines is 2. The Morgan fingerprint density at radius 1 is 1.21 bits per heavy atom. The molecule has 0 aliphatic carbocycles. The molecule has 0 radical (unpaired) electrons. The van der Waals surface area contributed by atoms with Crippen LogP contribution in [0.15, 0.2) is 70.4 Å². The SMILES string of the molecule is C=CCc1cc(N(C)c2cc(=O)oc3ccccc23)ccc1OC. The van der Waals surface area contributed by atoms with E-state index in [1.807, 2.05) is 54.4 Å². The molecule has 4 heteroatoms. The van der Waals surface area contributed by atoms with Gasteiger partial charge in [-0.1, -0.05) is 18.2 Å². The monoisotopic (exact) mass is 321 g/mol. The predicted octanol–water partition coefficient (Wildman–Crippen LogP) is 4.30. The summed E-state index contributed by atoms with van der Waals surface area (Å²) < 4.78 is 10.7. The summed E-state index contributed by atoms with van der Waals surface area (Å²) in [6.45, 7) is 3.79. The van der Waals surface area contributed by atoms with Gasteiger partial charge in [-0.3, -0.25) is 0 Å². The van der Waals surface area contributed by atoms with Crippen LogP contribution in [-0.2, 0) is 6.42 Å². The van der Waals surface area contributed by atoms with Gasteiger partial charge in [0.05, 0.1) is 12.8 Å². The van der Waals surface area contributed by atoms with E-state index in [-0.39, 0.29) is 5.63 Å². The third-order valence-electron chi connectivity index (χ3n) is 4.01. The van der Waals surface area contributed by atoms with Gasteiger partial charge >= 0.3 is 5.63 Å². The van der Waals surface area contributed by atoms with Crippen molar-refractivity contribution in [3.8, 4) is 5.75 Å². The lowest BCUT2D eigenvalue weighted by molar-refractivity contribution is 0.411. The quantitative estimate of drug-likeness (QED) is 0.519. The minimum absolute atomic E-state index is 0.365. The first-order valence-corrected chi connectivity index (χ1v) is 7.68. The standard InChI is InChI=1S/C20H19NO3/c1-4-7-14-12-15(10-11-18(14)23-3)21(2)17-13-20(22)24-19-9-6-5-8-16(17)19/h4-6,8-13H,1,7H2,2-3H3. The Balaban J connectivity index is 2.12. The maximum Gasteiger partial charge on any atom is 0.338 e. The smallest absolute Gasteiger partial charge is 0.338 e. The van der Waals surface area contributed by atoms with Crippen LogP contribution in [0, 0.1) is 0 Å². The molecule has 0 spiro atoms. The molecule has 0 aliphatic rings. The van der Waals surface area contributed by atoms with E-state index in [1.165, 1.54) is 6.07 Å². The number of hydrogen-bond acceptors (Lipinski definition) is 4. The summed E-state index contributed by atoms with van der Waals surface area (Å²) in [7, 11) is 3.59. The normalized spacial score (nSPS) is 10.6. The lowest BCUT2D eigenvalue weighted by Gasteiger charge is -2.22. The van der Waals surface area contributed by atoms with Crippen molar-refractivity contribution in [1.82, 2.24) is 0 Å². The summed E-state index contributed by atoms with van der Waals surface area (Å²) in [6, 6.07) is 15.0. The van der Waals surface area contributed by atoms with Crippen LogP contribution in [0.1, 0.15) is 5.56 Å². The van der Waals surface area contributed by atoms with E-state index in [4.69, 9.17) is 9.15 Å². The predicted molar refractivity (Wildman–Crippen MR) is 97.4 cm³/mol. The molecule has 122 valence electrons. The Morgan fingerprint density at radius 3 is 2.75 bits per heavy atom. The molecule has 0 saturated heterocycles. The molecule has 0 saturated carbocycles. The lowest BCUT2D eigenvalue weighted by atomic mass is 10.1. The van der Waals surface area contributed by atoms with Gasteiger partial charge in [-0.15, -0.1) is 6.58 Å². The number of benzene rings is 2. The van der Waals surface area contributed by atoms with Crippen LogP contribution < -0.4 is 15.3 Å². The average Bonchev–Trinajstić information content (AvgIpc) is 2.60.